The average molecular weight is 244 g/mol. The molecule has 2 atom stereocenters. The highest BCUT2D eigenvalue weighted by molar-refractivity contribution is 6.00. The molecule has 0 heterocycles. The lowest BCUT2D eigenvalue weighted by Crippen LogP contribution is -2.24. The smallest absolute Gasteiger partial charge is 0.166 e. The molecule has 0 N–H and O–H groups in total. The predicted octanol–water partition coefficient (Wildman–Crippen LogP) is 4.70. The molecule has 1 aromatic carbocycles. The highest BCUT2D eigenvalue weighted by atomic mass is 16.1. The minimum atomic E-state index is 0.267. The molecule has 0 spiro atoms. The van der Waals surface area contributed by atoms with Crippen LogP contribution in [0.5, 0.6) is 0 Å². The molecule has 1 saturated carbocycles. The number of hydrogen-bond donors (Lipinski definition) is 0. The van der Waals surface area contributed by atoms with Crippen molar-refractivity contribution in [2.75, 3.05) is 0 Å². The summed E-state index contributed by atoms with van der Waals surface area (Å²) in [5.41, 5.74) is 3.26. The molecule has 1 fully saturated rings. The van der Waals surface area contributed by atoms with E-state index < -0.39 is 0 Å². The van der Waals surface area contributed by atoms with Gasteiger partial charge >= 0.3 is 0 Å². The molecule has 1 heteroatoms. The first kappa shape index (κ1) is 13.3. The van der Waals surface area contributed by atoms with E-state index in [2.05, 4.69) is 32.9 Å². The normalized spacial score (nSPS) is 23.9. The second-order valence-corrected chi connectivity index (χ2v) is 5.77. The summed E-state index contributed by atoms with van der Waals surface area (Å²) in [5.74, 6) is 1.42. The van der Waals surface area contributed by atoms with Crippen LogP contribution < -0.4 is 0 Å². The van der Waals surface area contributed by atoms with E-state index in [9.17, 15) is 4.79 Å². The zero-order chi connectivity index (χ0) is 13.1. The van der Waals surface area contributed by atoms with Crippen LogP contribution in [-0.2, 0) is 0 Å². The van der Waals surface area contributed by atoms with Crippen molar-refractivity contribution < 1.29 is 4.79 Å². The molecule has 1 nitrogen and oxygen atoms in total. The Balaban J connectivity index is 2.20. The molecular weight excluding hydrogens is 220 g/mol. The van der Waals surface area contributed by atoms with Crippen molar-refractivity contribution in [3.63, 3.8) is 0 Å². The van der Waals surface area contributed by atoms with E-state index >= 15 is 0 Å². The molecule has 1 aromatic rings. The Hall–Kier alpha value is -1.11. The first-order chi connectivity index (χ1) is 8.63. The van der Waals surface area contributed by atoms with E-state index in [0.717, 1.165) is 35.4 Å². The fourth-order valence-corrected chi connectivity index (χ4v) is 3.31. The fourth-order valence-electron chi connectivity index (χ4n) is 3.31. The first-order valence-electron chi connectivity index (χ1n) is 7.24. The van der Waals surface area contributed by atoms with Crippen LogP contribution in [-0.4, -0.2) is 5.78 Å². The summed E-state index contributed by atoms with van der Waals surface area (Å²) in [4.78, 5) is 12.7. The van der Waals surface area contributed by atoms with Crippen molar-refractivity contribution in [1.82, 2.24) is 0 Å². The lowest BCUT2D eigenvalue weighted by atomic mass is 9.76. The van der Waals surface area contributed by atoms with Gasteiger partial charge in [-0.1, -0.05) is 44.4 Å². The van der Waals surface area contributed by atoms with E-state index in [0.29, 0.717) is 5.78 Å². The molecule has 0 aromatic heterocycles. The van der Waals surface area contributed by atoms with Crippen LogP contribution in [0.4, 0.5) is 0 Å². The van der Waals surface area contributed by atoms with E-state index in [-0.39, 0.29) is 5.92 Å². The van der Waals surface area contributed by atoms with Crippen molar-refractivity contribution >= 4 is 5.78 Å². The van der Waals surface area contributed by atoms with E-state index in [1.165, 1.54) is 19.3 Å². The van der Waals surface area contributed by atoms with Crippen LogP contribution >= 0.6 is 0 Å². The van der Waals surface area contributed by atoms with Gasteiger partial charge in [0.1, 0.15) is 0 Å². The summed E-state index contributed by atoms with van der Waals surface area (Å²) < 4.78 is 0. The quantitative estimate of drug-likeness (QED) is 0.704. The number of ketones is 1. The maximum absolute atomic E-state index is 12.7. The topological polar surface area (TPSA) is 17.1 Å². The van der Waals surface area contributed by atoms with Crippen molar-refractivity contribution in [1.29, 1.82) is 0 Å². The van der Waals surface area contributed by atoms with Crippen molar-refractivity contribution in [3.8, 4) is 0 Å². The first-order valence-corrected chi connectivity index (χ1v) is 7.24. The molecule has 0 saturated heterocycles. The molecule has 1 aliphatic rings. The largest absolute Gasteiger partial charge is 0.294 e. The molecule has 18 heavy (non-hydrogen) atoms. The summed E-state index contributed by atoms with van der Waals surface area (Å²) in [5, 5.41) is 0. The van der Waals surface area contributed by atoms with Crippen LogP contribution in [0.2, 0.25) is 0 Å². The third kappa shape index (κ3) is 2.66. The zero-order valence-electron chi connectivity index (χ0n) is 11.8. The summed E-state index contributed by atoms with van der Waals surface area (Å²) >= 11 is 0. The lowest BCUT2D eigenvalue weighted by molar-refractivity contribution is 0.0860. The van der Waals surface area contributed by atoms with Gasteiger partial charge in [-0.25, -0.2) is 0 Å². The van der Waals surface area contributed by atoms with Gasteiger partial charge in [0.2, 0.25) is 0 Å². The standard InChI is InChI=1S/C17H24O/c1-4-14-9-6-10-15(11-14)17(18)16-12(2)7-5-8-13(16)3/h5,7-8,14-15H,4,6,9-11H2,1-3H3. The van der Waals surface area contributed by atoms with Gasteiger partial charge in [-0.15, -0.1) is 0 Å². The maximum Gasteiger partial charge on any atom is 0.166 e. The van der Waals surface area contributed by atoms with Crippen LogP contribution in [0.15, 0.2) is 18.2 Å². The summed E-state index contributed by atoms with van der Waals surface area (Å²) in [6.45, 7) is 6.36. The number of carbonyl (C=O) groups is 1. The number of aryl methyl sites for hydroxylation is 2. The van der Waals surface area contributed by atoms with Crippen molar-refractivity contribution in [2.24, 2.45) is 11.8 Å². The molecule has 0 amide bonds. The minimum Gasteiger partial charge on any atom is -0.294 e. The number of Topliss-reactive ketones (excluding diaryl/α,β-unsaturated/α-hetero) is 1. The number of benzene rings is 1. The van der Waals surface area contributed by atoms with E-state index in [1.807, 2.05) is 6.07 Å². The van der Waals surface area contributed by atoms with Crippen LogP contribution in [0, 0.1) is 25.7 Å². The maximum atomic E-state index is 12.7. The second-order valence-electron chi connectivity index (χ2n) is 5.77. The minimum absolute atomic E-state index is 0.267. The monoisotopic (exact) mass is 244 g/mol. The SMILES string of the molecule is CCC1CCCC(C(=O)c2c(C)cccc2C)C1. The van der Waals surface area contributed by atoms with Gasteiger partial charge in [0, 0.05) is 11.5 Å². The highest BCUT2D eigenvalue weighted by Gasteiger charge is 2.28. The molecule has 98 valence electrons. The molecule has 1 aliphatic carbocycles. The van der Waals surface area contributed by atoms with Gasteiger partial charge in [-0.2, -0.15) is 0 Å². The summed E-state index contributed by atoms with van der Waals surface area (Å²) in [6.07, 6.45) is 5.94. The Morgan fingerprint density at radius 1 is 1.22 bits per heavy atom. The Bertz CT molecular complexity index is 413. The molecule has 0 bridgehead atoms. The van der Waals surface area contributed by atoms with Crippen LogP contribution in [0.25, 0.3) is 0 Å². The molecule has 2 rings (SSSR count). The molecule has 0 aliphatic heterocycles. The molecular formula is C17H24O. The summed E-state index contributed by atoms with van der Waals surface area (Å²) in [6, 6.07) is 6.15. The third-order valence-corrected chi connectivity index (χ3v) is 4.46. The Morgan fingerprint density at radius 2 is 1.89 bits per heavy atom. The van der Waals surface area contributed by atoms with Gasteiger partial charge < -0.3 is 0 Å². The van der Waals surface area contributed by atoms with Gasteiger partial charge in [0.15, 0.2) is 5.78 Å². The molecule has 2 unspecified atom stereocenters. The number of hydrogen-bond acceptors (Lipinski definition) is 1. The second kappa shape index (κ2) is 5.69. The number of carbonyl (C=O) groups excluding carboxylic acids is 1. The van der Waals surface area contributed by atoms with Gasteiger partial charge in [0.25, 0.3) is 0 Å². The predicted molar refractivity (Wildman–Crippen MR) is 76.0 cm³/mol. The third-order valence-electron chi connectivity index (χ3n) is 4.46. The summed E-state index contributed by atoms with van der Waals surface area (Å²) in [7, 11) is 0. The highest BCUT2D eigenvalue weighted by Crippen LogP contribution is 2.34. The fraction of sp³-hybridized carbons (Fsp3) is 0.588. The van der Waals surface area contributed by atoms with Gasteiger partial charge in [-0.3, -0.25) is 4.79 Å². The van der Waals surface area contributed by atoms with E-state index in [1.54, 1.807) is 0 Å². The molecule has 0 radical (unpaired) electrons. The zero-order valence-corrected chi connectivity index (χ0v) is 11.8. The Morgan fingerprint density at radius 3 is 2.50 bits per heavy atom. The van der Waals surface area contributed by atoms with Gasteiger partial charge in [0.05, 0.1) is 0 Å². The van der Waals surface area contributed by atoms with Crippen LogP contribution in [0.3, 0.4) is 0 Å². The van der Waals surface area contributed by atoms with E-state index in [4.69, 9.17) is 0 Å². The van der Waals surface area contributed by atoms with Crippen molar-refractivity contribution in [2.45, 2.75) is 52.9 Å². The van der Waals surface area contributed by atoms with Gasteiger partial charge in [-0.05, 0) is 43.7 Å². The Kier molecular flexibility index (Phi) is 4.21. The number of rotatable bonds is 3. The van der Waals surface area contributed by atoms with Crippen LogP contribution in [0.1, 0.15) is 60.5 Å². The average Bonchev–Trinajstić information content (AvgIpc) is 2.38. The lowest BCUT2D eigenvalue weighted by Gasteiger charge is -2.28. The van der Waals surface area contributed by atoms with Crippen molar-refractivity contribution in [3.05, 3.63) is 34.9 Å². The Labute approximate surface area is 111 Å².